The normalized spacial score (nSPS) is 24.4. The zero-order chi connectivity index (χ0) is 22.8. The SMILES string of the molecule is CCC1[C@H](O[Si](C)(C)C(C)(C)C)CC(=CC(=O)OC)C[C@H]1O[Si](C)(C)C(C)(C)C. The molecular weight excluding hydrogens is 396 g/mol. The van der Waals surface area contributed by atoms with Crippen molar-refractivity contribution < 1.29 is 18.4 Å². The minimum absolute atomic E-state index is 0.0836. The smallest absolute Gasteiger partial charge is 0.330 e. The summed E-state index contributed by atoms with van der Waals surface area (Å²) in [5.41, 5.74) is 1.09. The molecule has 4 nitrogen and oxygen atoms in total. The van der Waals surface area contributed by atoms with Gasteiger partial charge in [0.05, 0.1) is 19.3 Å². The highest BCUT2D eigenvalue weighted by Crippen LogP contribution is 2.45. The van der Waals surface area contributed by atoms with Crippen molar-refractivity contribution in [1.82, 2.24) is 0 Å². The van der Waals surface area contributed by atoms with Crippen LogP contribution >= 0.6 is 0 Å². The summed E-state index contributed by atoms with van der Waals surface area (Å²) in [7, 11) is -2.45. The van der Waals surface area contributed by atoms with E-state index in [1.54, 1.807) is 6.08 Å². The molecule has 170 valence electrons. The van der Waals surface area contributed by atoms with Gasteiger partial charge in [0, 0.05) is 12.0 Å². The van der Waals surface area contributed by atoms with Gasteiger partial charge in [0.1, 0.15) is 0 Å². The van der Waals surface area contributed by atoms with E-state index in [4.69, 9.17) is 13.6 Å². The Labute approximate surface area is 182 Å². The number of hydrogen-bond donors (Lipinski definition) is 0. The monoisotopic (exact) mass is 442 g/mol. The van der Waals surface area contributed by atoms with E-state index in [-0.39, 0.29) is 28.3 Å². The van der Waals surface area contributed by atoms with E-state index in [1.807, 2.05) is 0 Å². The van der Waals surface area contributed by atoms with E-state index >= 15 is 0 Å². The molecule has 0 aromatic heterocycles. The van der Waals surface area contributed by atoms with Gasteiger partial charge in [-0.05, 0) is 55.5 Å². The van der Waals surface area contributed by atoms with Crippen molar-refractivity contribution in [3.05, 3.63) is 11.6 Å². The third kappa shape index (κ3) is 6.77. The molecule has 1 fully saturated rings. The van der Waals surface area contributed by atoms with Crippen LogP contribution in [0.25, 0.3) is 0 Å². The highest BCUT2D eigenvalue weighted by Gasteiger charge is 2.47. The number of carbonyl (C=O) groups excluding carboxylic acids is 1. The number of carbonyl (C=O) groups is 1. The number of methoxy groups -OCH3 is 1. The summed E-state index contributed by atoms with van der Waals surface area (Å²) < 4.78 is 18.7. The summed E-state index contributed by atoms with van der Waals surface area (Å²) in [5.74, 6) is 0.0557. The molecule has 0 heterocycles. The zero-order valence-corrected chi connectivity index (χ0v) is 23.1. The molecule has 0 radical (unpaired) electrons. The molecule has 1 rings (SSSR count). The van der Waals surface area contributed by atoms with Gasteiger partial charge in [0.15, 0.2) is 16.6 Å². The van der Waals surface area contributed by atoms with Crippen LogP contribution in [-0.2, 0) is 18.4 Å². The summed E-state index contributed by atoms with van der Waals surface area (Å²) in [4.78, 5) is 12.0. The first kappa shape index (κ1) is 26.6. The molecule has 6 heteroatoms. The molecule has 1 aliphatic carbocycles. The summed E-state index contributed by atoms with van der Waals surface area (Å²) in [6, 6.07) is 0. The van der Waals surface area contributed by atoms with Gasteiger partial charge in [0.2, 0.25) is 0 Å². The fraction of sp³-hybridized carbons (Fsp3) is 0.870. The van der Waals surface area contributed by atoms with E-state index in [0.717, 1.165) is 24.8 Å². The summed E-state index contributed by atoms with van der Waals surface area (Å²) in [5, 5.41) is 0.287. The third-order valence-electron chi connectivity index (χ3n) is 7.38. The van der Waals surface area contributed by atoms with Crippen LogP contribution in [-0.4, -0.2) is 41.9 Å². The number of ether oxygens (including phenoxy) is 1. The molecule has 0 amide bonds. The largest absolute Gasteiger partial charge is 0.466 e. The van der Waals surface area contributed by atoms with Crippen molar-refractivity contribution in [2.75, 3.05) is 7.11 Å². The molecule has 29 heavy (non-hydrogen) atoms. The molecule has 0 bridgehead atoms. The van der Waals surface area contributed by atoms with Crippen LogP contribution in [0.1, 0.15) is 67.7 Å². The molecule has 0 saturated heterocycles. The highest BCUT2D eigenvalue weighted by molar-refractivity contribution is 6.74. The summed E-state index contributed by atoms with van der Waals surface area (Å²) in [6.45, 7) is 25.1. The second-order valence-electron chi connectivity index (χ2n) is 11.6. The predicted octanol–water partition coefficient (Wildman–Crippen LogP) is 6.69. The fourth-order valence-corrected chi connectivity index (χ4v) is 6.12. The molecule has 1 saturated carbocycles. The Morgan fingerprint density at radius 3 is 1.59 bits per heavy atom. The van der Waals surface area contributed by atoms with Gasteiger partial charge in [-0.3, -0.25) is 0 Å². The van der Waals surface area contributed by atoms with E-state index in [2.05, 4.69) is 74.7 Å². The molecule has 0 aromatic carbocycles. The van der Waals surface area contributed by atoms with Gasteiger partial charge < -0.3 is 13.6 Å². The lowest BCUT2D eigenvalue weighted by atomic mass is 9.79. The van der Waals surface area contributed by atoms with E-state index in [0.29, 0.717) is 5.92 Å². The summed E-state index contributed by atoms with van der Waals surface area (Å²) >= 11 is 0. The number of esters is 1. The second kappa shape index (κ2) is 9.37. The Morgan fingerprint density at radius 1 is 0.931 bits per heavy atom. The van der Waals surface area contributed by atoms with Crippen LogP contribution in [0.5, 0.6) is 0 Å². The van der Waals surface area contributed by atoms with Crippen LogP contribution in [0, 0.1) is 5.92 Å². The first-order valence-electron chi connectivity index (χ1n) is 11.1. The van der Waals surface area contributed by atoms with Gasteiger partial charge in [-0.25, -0.2) is 4.79 Å². The Hall–Kier alpha value is -0.436. The first-order valence-corrected chi connectivity index (χ1v) is 16.9. The molecule has 0 unspecified atom stereocenters. The van der Waals surface area contributed by atoms with E-state index in [1.165, 1.54) is 7.11 Å². The van der Waals surface area contributed by atoms with Crippen molar-refractivity contribution in [3.63, 3.8) is 0 Å². The third-order valence-corrected chi connectivity index (χ3v) is 16.4. The van der Waals surface area contributed by atoms with Crippen molar-refractivity contribution >= 4 is 22.6 Å². The molecule has 0 aromatic rings. The Bertz CT molecular complexity index is 557. The highest BCUT2D eigenvalue weighted by atomic mass is 28.4. The topological polar surface area (TPSA) is 44.8 Å². The molecule has 0 aliphatic heterocycles. The number of rotatable bonds is 6. The van der Waals surface area contributed by atoms with Crippen molar-refractivity contribution in [3.8, 4) is 0 Å². The average molecular weight is 443 g/mol. The predicted molar refractivity (Wildman–Crippen MR) is 127 cm³/mol. The van der Waals surface area contributed by atoms with Crippen molar-refractivity contribution in [2.45, 2.75) is 116 Å². The van der Waals surface area contributed by atoms with Crippen LogP contribution in [0.15, 0.2) is 11.6 Å². The maximum absolute atomic E-state index is 12.0. The zero-order valence-electron chi connectivity index (χ0n) is 21.1. The maximum atomic E-state index is 12.0. The van der Waals surface area contributed by atoms with Crippen LogP contribution < -0.4 is 0 Å². The molecular formula is C23H46O4Si2. The minimum atomic E-state index is -1.94. The van der Waals surface area contributed by atoms with Gasteiger partial charge >= 0.3 is 5.97 Å². The molecule has 0 spiro atoms. The van der Waals surface area contributed by atoms with E-state index in [9.17, 15) is 4.79 Å². The van der Waals surface area contributed by atoms with Gasteiger partial charge in [-0.2, -0.15) is 0 Å². The quantitative estimate of drug-likeness (QED) is 0.261. The summed E-state index contributed by atoms with van der Waals surface area (Å²) in [6.07, 6.45) is 4.43. The van der Waals surface area contributed by atoms with Gasteiger partial charge in [0.25, 0.3) is 0 Å². The molecule has 2 atom stereocenters. The maximum Gasteiger partial charge on any atom is 0.330 e. The van der Waals surface area contributed by atoms with Gasteiger partial charge in [-0.15, -0.1) is 0 Å². The van der Waals surface area contributed by atoms with Crippen LogP contribution in [0.3, 0.4) is 0 Å². The van der Waals surface area contributed by atoms with E-state index < -0.39 is 16.6 Å². The lowest BCUT2D eigenvalue weighted by Crippen LogP contribution is -2.53. The van der Waals surface area contributed by atoms with Crippen LogP contribution in [0.4, 0.5) is 0 Å². The van der Waals surface area contributed by atoms with Crippen molar-refractivity contribution in [1.29, 1.82) is 0 Å². The number of hydrogen-bond acceptors (Lipinski definition) is 4. The second-order valence-corrected chi connectivity index (χ2v) is 21.2. The first-order chi connectivity index (χ1) is 12.9. The minimum Gasteiger partial charge on any atom is -0.466 e. The molecule has 1 aliphatic rings. The van der Waals surface area contributed by atoms with Crippen molar-refractivity contribution in [2.24, 2.45) is 5.92 Å². The lowest BCUT2D eigenvalue weighted by molar-refractivity contribution is -0.134. The standard InChI is InChI=1S/C23H46O4Si2/c1-13-18-19(26-28(9,10)22(2,3)4)14-17(16-21(24)25-8)15-20(18)27-29(11,12)23(5,6)7/h16,18-20H,13-15H2,1-12H3/t18?,19-,20-/m1/s1. The Balaban J connectivity index is 3.29. The fourth-order valence-electron chi connectivity index (χ4n) is 3.38. The average Bonchev–Trinajstić information content (AvgIpc) is 2.51. The Kier molecular flexibility index (Phi) is 8.59. The van der Waals surface area contributed by atoms with Crippen LogP contribution in [0.2, 0.25) is 36.3 Å². The lowest BCUT2D eigenvalue weighted by Gasteiger charge is -2.48. The molecule has 0 N–H and O–H groups in total. The Morgan fingerprint density at radius 2 is 1.31 bits per heavy atom. The van der Waals surface area contributed by atoms with Gasteiger partial charge in [-0.1, -0.05) is 54.0 Å².